The van der Waals surface area contributed by atoms with Gasteiger partial charge in [-0.25, -0.2) is 13.2 Å². The number of benzene rings is 1. The first-order chi connectivity index (χ1) is 17.8. The number of hydrogen-bond acceptors (Lipinski definition) is 8. The Kier molecular flexibility index (Phi) is 11.4. The largest absolute Gasteiger partial charge is 0.490 e. The van der Waals surface area contributed by atoms with Crippen molar-refractivity contribution >= 4 is 44.6 Å². The Morgan fingerprint density at radius 3 is 2.29 bits per heavy atom. The van der Waals surface area contributed by atoms with Crippen molar-refractivity contribution in [3.8, 4) is 0 Å². The highest BCUT2D eigenvalue weighted by Crippen LogP contribution is 2.31. The van der Waals surface area contributed by atoms with E-state index in [2.05, 4.69) is 14.9 Å². The lowest BCUT2D eigenvalue weighted by Gasteiger charge is -2.31. The zero-order valence-electron chi connectivity index (χ0n) is 21.3. The zero-order chi connectivity index (χ0) is 28.5. The maximum atomic E-state index is 13.1. The monoisotopic (exact) mass is 579 g/mol. The van der Waals surface area contributed by atoms with Gasteiger partial charge in [0.25, 0.3) is 15.9 Å². The molecule has 0 saturated carbocycles. The molecule has 0 unspecified atom stereocenters. The Bertz CT molecular complexity index is 1170. The number of piperazine rings is 1. The molecular weight excluding hydrogens is 547 g/mol. The number of alkyl halides is 3. The molecule has 2 aromatic rings. The number of sulfonamides is 1. The number of carbonyl (C=O) groups excluding carboxylic acids is 1. The summed E-state index contributed by atoms with van der Waals surface area (Å²) in [6.07, 6.45) is -5.08. The van der Waals surface area contributed by atoms with Crippen LogP contribution in [0.4, 0.5) is 24.5 Å². The van der Waals surface area contributed by atoms with Crippen molar-refractivity contribution in [3.63, 3.8) is 0 Å². The van der Waals surface area contributed by atoms with Crippen LogP contribution in [-0.2, 0) is 14.8 Å². The van der Waals surface area contributed by atoms with Gasteiger partial charge in [-0.15, -0.1) is 11.3 Å². The van der Waals surface area contributed by atoms with E-state index < -0.39 is 22.2 Å². The summed E-state index contributed by atoms with van der Waals surface area (Å²) in [7, 11) is 0.214. The predicted molar refractivity (Wildman–Crippen MR) is 140 cm³/mol. The van der Waals surface area contributed by atoms with Crippen molar-refractivity contribution < 1.29 is 36.3 Å². The summed E-state index contributed by atoms with van der Waals surface area (Å²) < 4.78 is 60.5. The number of aliphatic carboxylic acids is 1. The van der Waals surface area contributed by atoms with Crippen LogP contribution in [0.2, 0.25) is 0 Å². The van der Waals surface area contributed by atoms with Crippen molar-refractivity contribution in [2.45, 2.75) is 17.3 Å². The van der Waals surface area contributed by atoms with Crippen molar-refractivity contribution in [3.05, 3.63) is 41.3 Å². The number of rotatable bonds is 9. The standard InChI is InChI=1S/C21H31N5O3S2.C2HF3O2/c1-4-25(14-13-24(2)3)21(27)17-7-8-19(26-11-9-22-10-12-26)18(16-17)23-31(28,29)20-6-5-15-30-20;3-2(4,5)1(6)7/h5-8,15-16,22-23H,4,9-14H2,1-3H3;(H,6,7). The van der Waals surface area contributed by atoms with Crippen LogP contribution >= 0.6 is 11.3 Å². The van der Waals surface area contributed by atoms with E-state index in [0.29, 0.717) is 24.3 Å². The molecule has 0 atom stereocenters. The molecule has 0 bridgehead atoms. The number of amides is 1. The Balaban J connectivity index is 0.000000638. The van der Waals surface area contributed by atoms with Gasteiger partial charge in [-0.05, 0) is 50.7 Å². The third kappa shape index (κ3) is 9.15. The van der Waals surface area contributed by atoms with Gasteiger partial charge in [-0.2, -0.15) is 13.2 Å². The van der Waals surface area contributed by atoms with Gasteiger partial charge in [-0.1, -0.05) is 6.07 Å². The summed E-state index contributed by atoms with van der Waals surface area (Å²) in [5, 5.41) is 12.2. The summed E-state index contributed by atoms with van der Waals surface area (Å²) in [5.41, 5.74) is 1.70. The molecule has 3 N–H and O–H groups in total. The fourth-order valence-electron chi connectivity index (χ4n) is 3.45. The molecule has 2 heterocycles. The average Bonchev–Trinajstić information content (AvgIpc) is 3.40. The summed E-state index contributed by atoms with van der Waals surface area (Å²) in [6.45, 7) is 7.09. The van der Waals surface area contributed by atoms with E-state index >= 15 is 0 Å². The van der Waals surface area contributed by atoms with Crippen LogP contribution < -0.4 is 14.9 Å². The normalized spacial score (nSPS) is 14.0. The molecule has 38 heavy (non-hydrogen) atoms. The minimum Gasteiger partial charge on any atom is -0.475 e. The highest BCUT2D eigenvalue weighted by Gasteiger charge is 2.38. The fourth-order valence-corrected chi connectivity index (χ4v) is 5.51. The quantitative estimate of drug-likeness (QED) is 0.415. The number of carboxylic acid groups (broad SMARTS) is 1. The van der Waals surface area contributed by atoms with Crippen LogP contribution in [0.1, 0.15) is 17.3 Å². The van der Waals surface area contributed by atoms with Crippen LogP contribution in [0.15, 0.2) is 39.9 Å². The summed E-state index contributed by atoms with van der Waals surface area (Å²) in [6, 6.07) is 8.60. The maximum Gasteiger partial charge on any atom is 0.490 e. The van der Waals surface area contributed by atoms with Gasteiger partial charge in [-0.3, -0.25) is 9.52 Å². The topological polar surface area (TPSA) is 122 Å². The van der Waals surface area contributed by atoms with Crippen molar-refractivity contribution in [1.29, 1.82) is 0 Å². The Morgan fingerprint density at radius 1 is 1.16 bits per heavy atom. The van der Waals surface area contributed by atoms with E-state index in [9.17, 15) is 26.4 Å². The number of thiophene rings is 1. The SMILES string of the molecule is CCN(CCN(C)C)C(=O)c1ccc(N2CCNCC2)c(NS(=O)(=O)c2cccs2)c1.O=C(O)C(F)(F)F. The molecule has 10 nitrogen and oxygen atoms in total. The van der Waals surface area contributed by atoms with Gasteiger partial charge in [0.2, 0.25) is 0 Å². The van der Waals surface area contributed by atoms with Crippen LogP contribution in [0.5, 0.6) is 0 Å². The van der Waals surface area contributed by atoms with Crippen molar-refractivity contribution in [1.82, 2.24) is 15.1 Å². The summed E-state index contributed by atoms with van der Waals surface area (Å²) >= 11 is 1.16. The molecule has 212 valence electrons. The number of nitrogens with one attached hydrogen (secondary N) is 2. The van der Waals surface area contributed by atoms with Gasteiger partial charge in [0.15, 0.2) is 0 Å². The molecule has 1 amide bonds. The zero-order valence-corrected chi connectivity index (χ0v) is 22.9. The molecular formula is C23H32F3N5O5S2. The summed E-state index contributed by atoms with van der Waals surface area (Å²) in [5.74, 6) is -2.86. The maximum absolute atomic E-state index is 13.1. The van der Waals surface area contributed by atoms with Crippen molar-refractivity contribution in [2.75, 3.05) is 69.5 Å². The van der Waals surface area contributed by atoms with E-state index in [1.54, 1.807) is 34.5 Å². The molecule has 1 aromatic carbocycles. The van der Waals surface area contributed by atoms with Gasteiger partial charge in [0.1, 0.15) is 4.21 Å². The van der Waals surface area contributed by atoms with Gasteiger partial charge < -0.3 is 25.1 Å². The van der Waals surface area contributed by atoms with Crippen LogP contribution in [0.25, 0.3) is 0 Å². The van der Waals surface area contributed by atoms with Crippen LogP contribution in [0.3, 0.4) is 0 Å². The van der Waals surface area contributed by atoms with Gasteiger partial charge in [0.05, 0.1) is 11.4 Å². The van der Waals surface area contributed by atoms with Crippen LogP contribution in [0, 0.1) is 0 Å². The number of halogens is 3. The molecule has 1 aliphatic rings. The second-order valence-electron chi connectivity index (χ2n) is 8.50. The smallest absolute Gasteiger partial charge is 0.475 e. The molecule has 15 heteroatoms. The number of likely N-dealkylation sites (N-methyl/N-ethyl adjacent to an activating group) is 2. The second kappa shape index (κ2) is 13.8. The number of nitrogens with zero attached hydrogens (tertiary/aromatic N) is 3. The number of carboxylic acids is 1. The van der Waals surface area contributed by atoms with E-state index in [0.717, 1.165) is 49.7 Å². The van der Waals surface area contributed by atoms with E-state index in [-0.39, 0.29) is 10.1 Å². The lowest BCUT2D eigenvalue weighted by atomic mass is 10.1. The second-order valence-corrected chi connectivity index (χ2v) is 11.4. The average molecular weight is 580 g/mol. The minimum atomic E-state index is -5.08. The molecule has 0 radical (unpaired) electrons. The molecule has 1 aliphatic heterocycles. The highest BCUT2D eigenvalue weighted by atomic mass is 32.2. The van der Waals surface area contributed by atoms with E-state index in [4.69, 9.17) is 9.90 Å². The summed E-state index contributed by atoms with van der Waals surface area (Å²) in [4.78, 5) is 28.0. The predicted octanol–water partition coefficient (Wildman–Crippen LogP) is 2.62. The lowest BCUT2D eigenvalue weighted by molar-refractivity contribution is -0.192. The Hall–Kier alpha value is -2.88. The van der Waals surface area contributed by atoms with E-state index in [1.807, 2.05) is 32.0 Å². The number of carbonyl (C=O) groups is 2. The first-order valence-corrected chi connectivity index (χ1v) is 14.0. The molecule has 3 rings (SSSR count). The molecule has 1 aromatic heterocycles. The van der Waals surface area contributed by atoms with Gasteiger partial charge >= 0.3 is 12.1 Å². The van der Waals surface area contributed by atoms with Crippen molar-refractivity contribution in [2.24, 2.45) is 0 Å². The first kappa shape index (κ1) is 31.3. The Morgan fingerprint density at radius 2 is 1.79 bits per heavy atom. The number of hydrogen-bond donors (Lipinski definition) is 3. The molecule has 0 spiro atoms. The molecule has 0 aliphatic carbocycles. The molecule has 1 fully saturated rings. The minimum absolute atomic E-state index is 0.104. The first-order valence-electron chi connectivity index (χ1n) is 11.7. The van der Waals surface area contributed by atoms with Crippen LogP contribution in [-0.4, -0.2) is 101 Å². The number of anilines is 2. The highest BCUT2D eigenvalue weighted by molar-refractivity contribution is 7.94. The third-order valence-corrected chi connectivity index (χ3v) is 8.20. The van der Waals surface area contributed by atoms with E-state index in [1.165, 1.54) is 0 Å². The Labute approximate surface area is 224 Å². The lowest BCUT2D eigenvalue weighted by Crippen LogP contribution is -2.44. The fraction of sp³-hybridized carbons (Fsp3) is 0.478. The van der Waals surface area contributed by atoms with Gasteiger partial charge in [0, 0.05) is 51.4 Å². The molecule has 1 saturated heterocycles. The third-order valence-electron chi connectivity index (χ3n) is 5.43.